The lowest BCUT2D eigenvalue weighted by molar-refractivity contribution is 0.307. The summed E-state index contributed by atoms with van der Waals surface area (Å²) in [6.45, 7) is 2.61. The van der Waals surface area contributed by atoms with Gasteiger partial charge in [-0.15, -0.1) is 0 Å². The fraction of sp³-hybridized carbons (Fsp3) is 0.652. The molecule has 1 aromatic rings. The van der Waals surface area contributed by atoms with Gasteiger partial charge in [-0.2, -0.15) is 0 Å². The van der Waals surface area contributed by atoms with Gasteiger partial charge in [0.25, 0.3) is 0 Å². The molecule has 0 amide bonds. The molecule has 2 heteroatoms. The minimum Gasteiger partial charge on any atom is -0.493 e. The van der Waals surface area contributed by atoms with Crippen LogP contribution in [0.15, 0.2) is 18.2 Å². The van der Waals surface area contributed by atoms with Crippen LogP contribution in [0.25, 0.3) is 5.57 Å². The van der Waals surface area contributed by atoms with Gasteiger partial charge in [0.1, 0.15) is 5.75 Å². The molecule has 0 radical (unpaired) electrons. The van der Waals surface area contributed by atoms with E-state index >= 15 is 0 Å². The number of halogens is 1. The van der Waals surface area contributed by atoms with Gasteiger partial charge in [0.05, 0.1) is 13.3 Å². The maximum atomic E-state index is 13.5. The molecule has 0 bridgehead atoms. The first-order chi connectivity index (χ1) is 12.3. The fourth-order valence-corrected chi connectivity index (χ4v) is 4.57. The highest BCUT2D eigenvalue weighted by molar-refractivity contribution is 5.71. The lowest BCUT2D eigenvalue weighted by atomic mass is 9.78. The summed E-state index contributed by atoms with van der Waals surface area (Å²) in [6, 6.07) is 4.38. The van der Waals surface area contributed by atoms with Crippen LogP contribution in [-0.4, -0.2) is 13.3 Å². The fourth-order valence-electron chi connectivity index (χ4n) is 4.57. The Morgan fingerprint density at radius 3 is 2.60 bits per heavy atom. The van der Waals surface area contributed by atoms with Crippen LogP contribution >= 0.6 is 0 Å². The molecule has 0 N–H and O–H groups in total. The van der Waals surface area contributed by atoms with Crippen molar-refractivity contribution in [2.24, 2.45) is 0 Å². The van der Waals surface area contributed by atoms with E-state index in [2.05, 4.69) is 25.1 Å². The SMILES string of the molecule is CCCOc1ccc(C2=CCCCC2)c(CCF)c1C1CCCCC1. The van der Waals surface area contributed by atoms with E-state index in [0.717, 1.165) is 31.6 Å². The summed E-state index contributed by atoms with van der Waals surface area (Å²) in [5, 5.41) is 0. The highest BCUT2D eigenvalue weighted by Crippen LogP contribution is 2.43. The summed E-state index contributed by atoms with van der Waals surface area (Å²) in [7, 11) is 0. The summed E-state index contributed by atoms with van der Waals surface area (Å²) in [5.41, 5.74) is 5.33. The third-order valence-electron chi connectivity index (χ3n) is 5.77. The third-order valence-corrected chi connectivity index (χ3v) is 5.77. The molecule has 1 aromatic carbocycles. The lowest BCUT2D eigenvalue weighted by Crippen LogP contribution is -2.13. The second-order valence-corrected chi connectivity index (χ2v) is 7.60. The monoisotopic (exact) mass is 344 g/mol. The van der Waals surface area contributed by atoms with Crippen LogP contribution in [0.3, 0.4) is 0 Å². The van der Waals surface area contributed by atoms with Crippen molar-refractivity contribution in [1.29, 1.82) is 0 Å². The molecular weight excluding hydrogens is 311 g/mol. The quantitative estimate of drug-likeness (QED) is 0.518. The van der Waals surface area contributed by atoms with Gasteiger partial charge in [0.2, 0.25) is 0 Å². The topological polar surface area (TPSA) is 9.23 Å². The van der Waals surface area contributed by atoms with E-state index in [4.69, 9.17) is 4.74 Å². The number of ether oxygens (including phenoxy) is 1. The predicted octanol–water partition coefficient (Wildman–Crippen LogP) is 6.99. The van der Waals surface area contributed by atoms with Gasteiger partial charge in [0.15, 0.2) is 0 Å². The van der Waals surface area contributed by atoms with Crippen LogP contribution in [0.1, 0.15) is 93.7 Å². The van der Waals surface area contributed by atoms with Crippen LogP contribution in [0, 0.1) is 0 Å². The summed E-state index contributed by atoms with van der Waals surface area (Å²) in [5.74, 6) is 1.57. The molecule has 0 heterocycles. The minimum atomic E-state index is -0.281. The molecule has 2 aliphatic rings. The standard InChI is InChI=1S/C23H33FO/c1-2-17-25-22-14-13-20(18-9-5-3-6-10-18)21(15-16-24)23(22)19-11-7-4-8-12-19/h9,13-14,19H,2-8,10-12,15-17H2,1H3. The Kier molecular flexibility index (Phi) is 6.95. The second-order valence-electron chi connectivity index (χ2n) is 7.60. The van der Waals surface area contributed by atoms with Crippen molar-refractivity contribution in [3.8, 4) is 5.75 Å². The van der Waals surface area contributed by atoms with Gasteiger partial charge in [-0.25, -0.2) is 0 Å². The number of hydrogen-bond acceptors (Lipinski definition) is 1. The Hall–Kier alpha value is -1.31. The van der Waals surface area contributed by atoms with Gasteiger partial charge in [-0.05, 0) is 73.6 Å². The number of alkyl halides is 1. The molecule has 2 aliphatic carbocycles. The van der Waals surface area contributed by atoms with Crippen molar-refractivity contribution < 1.29 is 9.13 Å². The van der Waals surface area contributed by atoms with E-state index in [1.165, 1.54) is 67.2 Å². The molecule has 25 heavy (non-hydrogen) atoms. The minimum absolute atomic E-state index is 0.281. The maximum absolute atomic E-state index is 13.5. The number of hydrogen-bond donors (Lipinski definition) is 0. The Balaban J connectivity index is 2.05. The molecule has 0 aliphatic heterocycles. The van der Waals surface area contributed by atoms with E-state index in [-0.39, 0.29) is 6.67 Å². The normalized spacial score (nSPS) is 18.9. The molecule has 1 saturated carbocycles. The van der Waals surface area contributed by atoms with E-state index in [0.29, 0.717) is 12.3 Å². The Morgan fingerprint density at radius 1 is 1.08 bits per heavy atom. The molecule has 1 nitrogen and oxygen atoms in total. The second kappa shape index (κ2) is 9.40. The zero-order valence-electron chi connectivity index (χ0n) is 15.8. The number of benzene rings is 1. The first-order valence-corrected chi connectivity index (χ1v) is 10.4. The molecule has 0 spiro atoms. The molecule has 0 saturated heterocycles. The van der Waals surface area contributed by atoms with Crippen LogP contribution in [-0.2, 0) is 6.42 Å². The van der Waals surface area contributed by atoms with Gasteiger partial charge < -0.3 is 4.74 Å². The predicted molar refractivity (Wildman–Crippen MR) is 104 cm³/mol. The Bertz CT molecular complexity index is 584. The van der Waals surface area contributed by atoms with Crippen molar-refractivity contribution in [1.82, 2.24) is 0 Å². The van der Waals surface area contributed by atoms with Crippen LogP contribution in [0.5, 0.6) is 5.75 Å². The smallest absolute Gasteiger partial charge is 0.123 e. The molecule has 0 unspecified atom stereocenters. The highest BCUT2D eigenvalue weighted by Gasteiger charge is 2.25. The van der Waals surface area contributed by atoms with Gasteiger partial charge in [0, 0.05) is 12.0 Å². The Labute approximate surface area is 152 Å². The van der Waals surface area contributed by atoms with E-state index in [1.807, 2.05) is 0 Å². The largest absolute Gasteiger partial charge is 0.493 e. The molecule has 3 rings (SSSR count). The van der Waals surface area contributed by atoms with Crippen LogP contribution < -0.4 is 4.74 Å². The van der Waals surface area contributed by atoms with Gasteiger partial charge in [-0.1, -0.05) is 38.3 Å². The average Bonchev–Trinajstić information content (AvgIpc) is 2.68. The van der Waals surface area contributed by atoms with Crippen LogP contribution in [0.4, 0.5) is 4.39 Å². The summed E-state index contributed by atoms with van der Waals surface area (Å²) >= 11 is 0. The Morgan fingerprint density at radius 2 is 1.92 bits per heavy atom. The molecule has 138 valence electrons. The zero-order valence-corrected chi connectivity index (χ0v) is 15.8. The lowest BCUT2D eigenvalue weighted by Gasteiger charge is -2.29. The molecular formula is C23H33FO. The van der Waals surface area contributed by atoms with Crippen molar-refractivity contribution in [3.63, 3.8) is 0 Å². The first kappa shape index (κ1) is 18.5. The molecule has 0 atom stereocenters. The maximum Gasteiger partial charge on any atom is 0.123 e. The van der Waals surface area contributed by atoms with Crippen molar-refractivity contribution in [2.45, 2.75) is 83.5 Å². The third kappa shape index (κ3) is 4.46. The van der Waals surface area contributed by atoms with Crippen molar-refractivity contribution >= 4 is 5.57 Å². The van der Waals surface area contributed by atoms with Gasteiger partial charge >= 0.3 is 0 Å². The van der Waals surface area contributed by atoms with Crippen molar-refractivity contribution in [3.05, 3.63) is 34.9 Å². The van der Waals surface area contributed by atoms with E-state index in [1.54, 1.807) is 0 Å². The molecule has 0 aromatic heterocycles. The number of allylic oxidation sites excluding steroid dienone is 2. The summed E-state index contributed by atoms with van der Waals surface area (Å²) in [4.78, 5) is 0. The first-order valence-electron chi connectivity index (χ1n) is 10.4. The van der Waals surface area contributed by atoms with Crippen LogP contribution in [0.2, 0.25) is 0 Å². The van der Waals surface area contributed by atoms with Crippen molar-refractivity contribution in [2.75, 3.05) is 13.3 Å². The summed E-state index contributed by atoms with van der Waals surface area (Å²) in [6.07, 6.45) is 15.1. The highest BCUT2D eigenvalue weighted by atomic mass is 19.1. The zero-order chi connectivity index (χ0) is 17.5. The van der Waals surface area contributed by atoms with Gasteiger partial charge in [-0.3, -0.25) is 4.39 Å². The number of rotatable bonds is 7. The average molecular weight is 345 g/mol. The van der Waals surface area contributed by atoms with E-state index < -0.39 is 0 Å². The molecule has 1 fully saturated rings. The van der Waals surface area contributed by atoms with E-state index in [9.17, 15) is 4.39 Å². The summed E-state index contributed by atoms with van der Waals surface area (Å²) < 4.78 is 19.6.